The number of ether oxygens (including phenoxy) is 1. The number of hydrogen-bond acceptors (Lipinski definition) is 4. The Bertz CT molecular complexity index is 559. The molecule has 0 aliphatic carbocycles. The van der Waals surface area contributed by atoms with Gasteiger partial charge in [-0.15, -0.1) is 0 Å². The molecule has 0 aliphatic rings. The fourth-order valence-corrected chi connectivity index (χ4v) is 1.63. The minimum absolute atomic E-state index is 0.0675. The molecule has 2 rings (SSSR count). The molecule has 0 saturated carbocycles. The average molecular weight is 271 g/mol. The van der Waals surface area contributed by atoms with Gasteiger partial charge >= 0.3 is 0 Å². The van der Waals surface area contributed by atoms with Crippen LogP contribution < -0.4 is 10.1 Å². The summed E-state index contributed by atoms with van der Waals surface area (Å²) < 4.78 is 5.72. The quantitative estimate of drug-likeness (QED) is 0.925. The third kappa shape index (κ3) is 4.31. The second-order valence-corrected chi connectivity index (χ2v) is 5.82. The zero-order chi connectivity index (χ0) is 14.6. The fraction of sp³-hybridized carbons (Fsp3) is 0.375. The second-order valence-electron chi connectivity index (χ2n) is 5.82. The van der Waals surface area contributed by atoms with E-state index in [4.69, 9.17) is 4.74 Å². The molecule has 1 heterocycles. The number of benzene rings is 1. The van der Waals surface area contributed by atoms with Gasteiger partial charge < -0.3 is 10.1 Å². The predicted octanol–water partition coefficient (Wildman–Crippen LogP) is 3.47. The topological polar surface area (TPSA) is 47.0 Å². The number of rotatable bonds is 4. The first-order valence-corrected chi connectivity index (χ1v) is 6.73. The van der Waals surface area contributed by atoms with Gasteiger partial charge in [-0.05, 0) is 39.3 Å². The molecule has 1 aromatic heterocycles. The Balaban J connectivity index is 2.00. The molecule has 0 fully saturated rings. The third-order valence-corrected chi connectivity index (χ3v) is 2.79. The molecule has 106 valence electrons. The molecule has 20 heavy (non-hydrogen) atoms. The fourth-order valence-electron chi connectivity index (χ4n) is 1.63. The normalized spacial score (nSPS) is 11.4. The monoisotopic (exact) mass is 271 g/mol. The number of aromatic nitrogens is 2. The van der Waals surface area contributed by atoms with E-state index in [9.17, 15) is 0 Å². The maximum atomic E-state index is 5.72. The van der Waals surface area contributed by atoms with Crippen molar-refractivity contribution in [3.05, 3.63) is 47.9 Å². The Kier molecular flexibility index (Phi) is 4.35. The molecule has 4 nitrogen and oxygen atoms in total. The van der Waals surface area contributed by atoms with Crippen LogP contribution in [0, 0.1) is 6.92 Å². The first-order valence-electron chi connectivity index (χ1n) is 6.73. The largest absolute Gasteiger partial charge is 0.437 e. The molecule has 0 unspecified atom stereocenters. The summed E-state index contributed by atoms with van der Waals surface area (Å²) in [5.74, 6) is 1.32. The van der Waals surface area contributed by atoms with Crippen molar-refractivity contribution in [1.82, 2.24) is 15.3 Å². The van der Waals surface area contributed by atoms with Gasteiger partial charge in [-0.3, -0.25) is 4.98 Å². The van der Waals surface area contributed by atoms with Crippen molar-refractivity contribution in [2.75, 3.05) is 0 Å². The molecule has 0 saturated heterocycles. The van der Waals surface area contributed by atoms with E-state index in [1.807, 2.05) is 31.2 Å². The van der Waals surface area contributed by atoms with E-state index in [1.54, 1.807) is 12.4 Å². The van der Waals surface area contributed by atoms with Crippen LogP contribution in [0.2, 0.25) is 0 Å². The van der Waals surface area contributed by atoms with Crippen molar-refractivity contribution in [2.24, 2.45) is 0 Å². The molecular weight excluding hydrogens is 250 g/mol. The zero-order valence-corrected chi connectivity index (χ0v) is 12.5. The Labute approximate surface area is 120 Å². The summed E-state index contributed by atoms with van der Waals surface area (Å²) in [5, 5.41) is 3.37. The lowest BCUT2D eigenvalue weighted by atomic mass is 10.1. The van der Waals surface area contributed by atoms with Crippen LogP contribution in [0.25, 0.3) is 0 Å². The molecule has 0 amide bonds. The Morgan fingerprint density at radius 2 is 1.85 bits per heavy atom. The van der Waals surface area contributed by atoms with Crippen molar-refractivity contribution < 1.29 is 4.74 Å². The summed E-state index contributed by atoms with van der Waals surface area (Å²) in [6, 6.07) is 7.85. The van der Waals surface area contributed by atoms with Crippen LogP contribution in [-0.4, -0.2) is 15.5 Å². The Hall–Kier alpha value is -1.94. The van der Waals surface area contributed by atoms with E-state index in [1.165, 1.54) is 0 Å². The van der Waals surface area contributed by atoms with Gasteiger partial charge in [0.15, 0.2) is 0 Å². The van der Waals surface area contributed by atoms with Gasteiger partial charge in [0.25, 0.3) is 0 Å². The third-order valence-electron chi connectivity index (χ3n) is 2.79. The smallest absolute Gasteiger partial charge is 0.237 e. The number of para-hydroxylation sites is 1. The number of aryl methyl sites for hydroxylation is 1. The first-order chi connectivity index (χ1) is 9.44. The summed E-state index contributed by atoms with van der Waals surface area (Å²) in [7, 11) is 0. The van der Waals surface area contributed by atoms with E-state index in [2.05, 4.69) is 36.1 Å². The number of nitrogens with one attached hydrogen (secondary N) is 1. The summed E-state index contributed by atoms with van der Waals surface area (Å²) in [6.07, 6.45) is 3.40. The van der Waals surface area contributed by atoms with Crippen molar-refractivity contribution in [1.29, 1.82) is 0 Å². The zero-order valence-electron chi connectivity index (χ0n) is 12.5. The lowest BCUT2D eigenvalue weighted by Crippen LogP contribution is -2.35. The average Bonchev–Trinajstić information content (AvgIpc) is 2.40. The minimum atomic E-state index is 0.0675. The predicted molar refractivity (Wildman–Crippen MR) is 79.9 cm³/mol. The van der Waals surface area contributed by atoms with Crippen LogP contribution in [0.3, 0.4) is 0 Å². The number of hydrogen-bond donors (Lipinski definition) is 1. The highest BCUT2D eigenvalue weighted by molar-refractivity contribution is 5.34. The highest BCUT2D eigenvalue weighted by Gasteiger charge is 2.09. The van der Waals surface area contributed by atoms with Gasteiger partial charge in [0.2, 0.25) is 5.88 Å². The molecule has 0 radical (unpaired) electrons. The molecule has 1 N–H and O–H groups in total. The summed E-state index contributed by atoms with van der Waals surface area (Å²) in [5.41, 5.74) is 2.04. The van der Waals surface area contributed by atoms with Crippen LogP contribution in [0.15, 0.2) is 36.7 Å². The van der Waals surface area contributed by atoms with Gasteiger partial charge in [0.1, 0.15) is 5.75 Å². The minimum Gasteiger partial charge on any atom is -0.437 e. The van der Waals surface area contributed by atoms with E-state index < -0.39 is 0 Å². The van der Waals surface area contributed by atoms with Crippen molar-refractivity contribution >= 4 is 0 Å². The maximum absolute atomic E-state index is 5.72. The Morgan fingerprint density at radius 1 is 1.10 bits per heavy atom. The molecule has 1 aromatic carbocycles. The SMILES string of the molecule is Cc1ccccc1Oc1cnc(CNC(C)(C)C)cn1. The van der Waals surface area contributed by atoms with E-state index >= 15 is 0 Å². The van der Waals surface area contributed by atoms with Crippen molar-refractivity contribution in [3.8, 4) is 11.6 Å². The molecule has 2 aromatic rings. The van der Waals surface area contributed by atoms with Crippen LogP contribution in [-0.2, 0) is 6.54 Å². The summed E-state index contributed by atoms with van der Waals surface area (Å²) in [6.45, 7) is 9.06. The van der Waals surface area contributed by atoms with Crippen LogP contribution >= 0.6 is 0 Å². The highest BCUT2D eigenvalue weighted by Crippen LogP contribution is 2.22. The first kappa shape index (κ1) is 14.5. The van der Waals surface area contributed by atoms with Gasteiger partial charge in [0, 0.05) is 12.1 Å². The number of nitrogens with zero attached hydrogens (tertiary/aromatic N) is 2. The molecule has 0 aliphatic heterocycles. The Morgan fingerprint density at radius 3 is 2.45 bits per heavy atom. The van der Waals surface area contributed by atoms with Crippen LogP contribution in [0.1, 0.15) is 32.0 Å². The van der Waals surface area contributed by atoms with E-state index in [0.717, 1.165) is 17.0 Å². The maximum Gasteiger partial charge on any atom is 0.237 e. The second kappa shape index (κ2) is 6.01. The summed E-state index contributed by atoms with van der Waals surface area (Å²) in [4.78, 5) is 8.65. The van der Waals surface area contributed by atoms with E-state index in [0.29, 0.717) is 12.4 Å². The lowest BCUT2D eigenvalue weighted by Gasteiger charge is -2.19. The molecule has 0 bridgehead atoms. The van der Waals surface area contributed by atoms with Crippen molar-refractivity contribution in [3.63, 3.8) is 0 Å². The lowest BCUT2D eigenvalue weighted by molar-refractivity contribution is 0.418. The standard InChI is InChI=1S/C16H21N3O/c1-12-7-5-6-8-14(12)20-15-11-17-13(9-18-15)10-19-16(2,3)4/h5-9,11,19H,10H2,1-4H3. The van der Waals surface area contributed by atoms with Gasteiger partial charge in [-0.2, -0.15) is 0 Å². The molecule has 0 spiro atoms. The molecular formula is C16H21N3O. The highest BCUT2D eigenvalue weighted by atomic mass is 16.5. The van der Waals surface area contributed by atoms with Crippen LogP contribution in [0.4, 0.5) is 0 Å². The van der Waals surface area contributed by atoms with Gasteiger partial charge in [-0.25, -0.2) is 4.98 Å². The van der Waals surface area contributed by atoms with E-state index in [-0.39, 0.29) is 5.54 Å². The van der Waals surface area contributed by atoms with Crippen molar-refractivity contribution in [2.45, 2.75) is 39.8 Å². The molecule has 0 atom stereocenters. The van der Waals surface area contributed by atoms with Crippen LogP contribution in [0.5, 0.6) is 11.6 Å². The van der Waals surface area contributed by atoms with Gasteiger partial charge in [-0.1, -0.05) is 18.2 Å². The van der Waals surface area contributed by atoms with Gasteiger partial charge in [0.05, 0.1) is 18.1 Å². The summed E-state index contributed by atoms with van der Waals surface area (Å²) >= 11 is 0. The molecule has 4 heteroatoms.